The van der Waals surface area contributed by atoms with Gasteiger partial charge in [-0.25, -0.2) is 9.97 Å². The summed E-state index contributed by atoms with van der Waals surface area (Å²) in [5, 5.41) is 6.53. The number of hydrogen-bond donors (Lipinski definition) is 2. The summed E-state index contributed by atoms with van der Waals surface area (Å²) in [5.74, 6) is 2.67. The molecular weight excluding hydrogens is 226 g/mol. The molecule has 1 unspecified atom stereocenters. The van der Waals surface area contributed by atoms with Crippen LogP contribution in [0.4, 0.5) is 11.6 Å². The summed E-state index contributed by atoms with van der Waals surface area (Å²) in [6, 6.07) is 2.43. The van der Waals surface area contributed by atoms with Gasteiger partial charge in [-0.2, -0.15) is 0 Å². The van der Waals surface area contributed by atoms with Crippen molar-refractivity contribution in [2.45, 2.75) is 33.2 Å². The van der Waals surface area contributed by atoms with Gasteiger partial charge in [-0.05, 0) is 27.3 Å². The third kappa shape index (κ3) is 4.49. The Balaban J connectivity index is 2.79. The fourth-order valence-corrected chi connectivity index (χ4v) is 1.57. The quantitative estimate of drug-likeness (QED) is 0.772. The number of nitrogens with one attached hydrogen (secondary N) is 2. The first-order valence-corrected chi connectivity index (χ1v) is 6.54. The van der Waals surface area contributed by atoms with Crippen LogP contribution in [0.25, 0.3) is 0 Å². The van der Waals surface area contributed by atoms with Gasteiger partial charge in [0.2, 0.25) is 0 Å². The predicted octanol–water partition coefficient (Wildman–Crippen LogP) is 1.65. The first-order chi connectivity index (χ1) is 8.56. The number of aromatic nitrogens is 2. The fraction of sp³-hybridized carbons (Fsp3) is 0.692. The van der Waals surface area contributed by atoms with Crippen LogP contribution in [0.2, 0.25) is 0 Å². The maximum Gasteiger partial charge on any atom is 0.134 e. The van der Waals surface area contributed by atoms with Gasteiger partial charge in [-0.1, -0.05) is 6.92 Å². The van der Waals surface area contributed by atoms with E-state index in [2.05, 4.69) is 39.3 Å². The zero-order valence-corrected chi connectivity index (χ0v) is 12.1. The summed E-state index contributed by atoms with van der Waals surface area (Å²) in [7, 11) is 4.00. The van der Waals surface area contributed by atoms with E-state index in [4.69, 9.17) is 0 Å². The van der Waals surface area contributed by atoms with Crippen LogP contribution in [-0.2, 0) is 0 Å². The summed E-state index contributed by atoms with van der Waals surface area (Å²) in [4.78, 5) is 11.0. The fourth-order valence-electron chi connectivity index (χ4n) is 1.57. The van der Waals surface area contributed by atoms with Crippen molar-refractivity contribution < 1.29 is 0 Å². The molecule has 5 heteroatoms. The van der Waals surface area contributed by atoms with E-state index < -0.39 is 0 Å². The first-order valence-electron chi connectivity index (χ1n) is 6.54. The van der Waals surface area contributed by atoms with E-state index in [0.717, 1.165) is 37.0 Å². The van der Waals surface area contributed by atoms with Gasteiger partial charge in [0.05, 0.1) is 0 Å². The number of rotatable bonds is 7. The van der Waals surface area contributed by atoms with Gasteiger partial charge in [0.15, 0.2) is 0 Å². The van der Waals surface area contributed by atoms with Crippen LogP contribution in [-0.4, -0.2) is 43.2 Å². The second kappa shape index (κ2) is 7.16. The highest BCUT2D eigenvalue weighted by Gasteiger charge is 2.07. The monoisotopic (exact) mass is 251 g/mol. The van der Waals surface area contributed by atoms with Crippen LogP contribution in [0.15, 0.2) is 6.07 Å². The lowest BCUT2D eigenvalue weighted by molar-refractivity contribution is 0.749. The molecule has 1 aromatic rings. The van der Waals surface area contributed by atoms with Crippen molar-refractivity contribution in [3.8, 4) is 0 Å². The highest BCUT2D eigenvalue weighted by molar-refractivity contribution is 5.49. The zero-order chi connectivity index (χ0) is 13.5. The van der Waals surface area contributed by atoms with E-state index in [0.29, 0.717) is 6.04 Å². The molecule has 0 radical (unpaired) electrons. The van der Waals surface area contributed by atoms with E-state index >= 15 is 0 Å². The lowest BCUT2D eigenvalue weighted by atomic mass is 10.2. The Hall–Kier alpha value is -1.36. The van der Waals surface area contributed by atoms with Gasteiger partial charge in [0, 0.05) is 32.2 Å². The Labute approximate surface area is 110 Å². The summed E-state index contributed by atoms with van der Waals surface area (Å²) in [6.45, 7) is 8.11. The molecular formula is C13H25N5. The second-order valence-corrected chi connectivity index (χ2v) is 4.64. The van der Waals surface area contributed by atoms with Crippen molar-refractivity contribution in [2.24, 2.45) is 0 Å². The van der Waals surface area contributed by atoms with Crippen molar-refractivity contribution in [1.82, 2.24) is 15.3 Å². The molecule has 1 atom stereocenters. The Morgan fingerprint density at radius 2 is 2.11 bits per heavy atom. The molecule has 0 aromatic carbocycles. The van der Waals surface area contributed by atoms with Gasteiger partial charge in [-0.3, -0.25) is 0 Å². The number of nitrogens with zero attached hydrogens (tertiary/aromatic N) is 3. The molecule has 5 nitrogen and oxygen atoms in total. The van der Waals surface area contributed by atoms with Crippen LogP contribution in [0.5, 0.6) is 0 Å². The van der Waals surface area contributed by atoms with Crippen molar-refractivity contribution in [1.29, 1.82) is 0 Å². The number of likely N-dealkylation sites (N-methyl/N-ethyl adjacent to an activating group) is 2. The average molecular weight is 251 g/mol. The third-order valence-corrected chi connectivity index (χ3v) is 2.92. The van der Waals surface area contributed by atoms with Crippen LogP contribution < -0.4 is 15.5 Å². The maximum absolute atomic E-state index is 4.47. The van der Waals surface area contributed by atoms with Crippen molar-refractivity contribution in [3.63, 3.8) is 0 Å². The van der Waals surface area contributed by atoms with E-state index in [9.17, 15) is 0 Å². The highest BCUT2D eigenvalue weighted by Crippen LogP contribution is 2.15. The topological polar surface area (TPSA) is 53.1 Å². The Bertz CT molecular complexity index is 366. The molecule has 0 fully saturated rings. The molecule has 0 amide bonds. The summed E-state index contributed by atoms with van der Waals surface area (Å²) < 4.78 is 0. The smallest absolute Gasteiger partial charge is 0.134 e. The molecule has 0 aliphatic carbocycles. The van der Waals surface area contributed by atoms with Crippen LogP contribution in [0, 0.1) is 6.92 Å². The van der Waals surface area contributed by atoms with Gasteiger partial charge in [0.1, 0.15) is 17.5 Å². The Kier molecular flexibility index (Phi) is 5.85. The number of hydrogen-bond acceptors (Lipinski definition) is 5. The van der Waals surface area contributed by atoms with Crippen molar-refractivity contribution in [3.05, 3.63) is 11.9 Å². The Morgan fingerprint density at radius 1 is 1.39 bits per heavy atom. The molecule has 1 rings (SSSR count). The highest BCUT2D eigenvalue weighted by atomic mass is 15.2. The molecule has 0 aliphatic heterocycles. The van der Waals surface area contributed by atoms with Gasteiger partial charge >= 0.3 is 0 Å². The van der Waals surface area contributed by atoms with Gasteiger partial charge in [0.25, 0.3) is 0 Å². The minimum Gasteiger partial charge on any atom is -0.367 e. The van der Waals surface area contributed by atoms with E-state index in [1.54, 1.807) is 0 Å². The average Bonchev–Trinajstić information content (AvgIpc) is 2.34. The SMILES string of the molecule is CCC(C)Nc1cc(N(C)CCNC)nc(C)n1. The van der Waals surface area contributed by atoms with E-state index in [-0.39, 0.29) is 0 Å². The Morgan fingerprint density at radius 3 is 2.72 bits per heavy atom. The third-order valence-electron chi connectivity index (χ3n) is 2.92. The first kappa shape index (κ1) is 14.7. The number of anilines is 2. The molecule has 1 heterocycles. The molecule has 1 aromatic heterocycles. The minimum absolute atomic E-state index is 0.426. The second-order valence-electron chi connectivity index (χ2n) is 4.64. The molecule has 18 heavy (non-hydrogen) atoms. The standard InChI is InChI=1S/C13H25N5/c1-6-10(2)15-12-9-13(17-11(3)16-12)18(5)8-7-14-4/h9-10,14H,6-8H2,1-5H3,(H,15,16,17). The van der Waals surface area contributed by atoms with Crippen molar-refractivity contribution in [2.75, 3.05) is 37.4 Å². The molecule has 2 N–H and O–H groups in total. The molecule has 0 saturated carbocycles. The summed E-state index contributed by atoms with van der Waals surface area (Å²) >= 11 is 0. The summed E-state index contributed by atoms with van der Waals surface area (Å²) in [6.07, 6.45) is 1.08. The molecule has 0 aliphatic rings. The maximum atomic E-state index is 4.47. The largest absolute Gasteiger partial charge is 0.367 e. The minimum atomic E-state index is 0.426. The predicted molar refractivity (Wildman–Crippen MR) is 77.3 cm³/mol. The van der Waals surface area contributed by atoms with Crippen LogP contribution >= 0.6 is 0 Å². The molecule has 0 spiro atoms. The van der Waals surface area contributed by atoms with Crippen molar-refractivity contribution >= 4 is 11.6 Å². The number of aryl methyl sites for hydroxylation is 1. The molecule has 102 valence electrons. The van der Waals surface area contributed by atoms with Gasteiger partial charge < -0.3 is 15.5 Å². The van der Waals surface area contributed by atoms with E-state index in [1.807, 2.05) is 27.1 Å². The summed E-state index contributed by atoms with van der Waals surface area (Å²) in [5.41, 5.74) is 0. The van der Waals surface area contributed by atoms with Crippen LogP contribution in [0.3, 0.4) is 0 Å². The van der Waals surface area contributed by atoms with Crippen LogP contribution in [0.1, 0.15) is 26.1 Å². The molecule has 0 saturated heterocycles. The molecule has 0 bridgehead atoms. The van der Waals surface area contributed by atoms with Gasteiger partial charge in [-0.15, -0.1) is 0 Å². The van der Waals surface area contributed by atoms with E-state index in [1.165, 1.54) is 0 Å². The lowest BCUT2D eigenvalue weighted by Gasteiger charge is -2.20. The normalized spacial score (nSPS) is 12.3. The lowest BCUT2D eigenvalue weighted by Crippen LogP contribution is -2.28. The zero-order valence-electron chi connectivity index (χ0n) is 12.1.